The van der Waals surface area contributed by atoms with Gasteiger partial charge in [-0.05, 0) is 152 Å². The van der Waals surface area contributed by atoms with Crippen molar-refractivity contribution < 1.29 is 28.5 Å². The standard InChI is InChI=1S/C24H33N7O3.C19H23BrN6O.C16H22ClN5O2.C5HCl2N3/c1-23(2,3)34-22(32)28-24(4)10-12-30(13-11-24)18-14-26-19-20(25)29-31(21(19)27-18)15-16-6-8-17(33-5)9-7-16;1-19(21)7-9-25(10-8-19)15-11-22-16-17(20)24-26(18(16)23-15)12-13-3-5-14(27-2)6-4-13;1-15(2,3)24-14(23)21-16(4)6-8-22(9-7-16)11-10-19-13(18-5)12(17)20-11;1-8-5-4(7)10-3(6)2-9-5/h6-9,14H,10-13,15H2,1-5H3,(H2,25,29)(H,28,32);3-6,11H,7-10,12,21H2,1-2H3;10H,6-9H2,1-4H3,(H,21,23);2H. The first-order chi connectivity index (χ1) is 44.9. The van der Waals surface area contributed by atoms with Gasteiger partial charge in [-0.15, -0.1) is 9.97 Å². The van der Waals surface area contributed by atoms with Gasteiger partial charge in [0.05, 0.1) is 39.7 Å². The van der Waals surface area contributed by atoms with Gasteiger partial charge in [0, 0.05) is 55.9 Å². The molecule has 11 rings (SSSR count). The van der Waals surface area contributed by atoms with Crippen LogP contribution in [0, 0.1) is 13.1 Å². The van der Waals surface area contributed by atoms with E-state index in [0.29, 0.717) is 53.6 Å². The highest BCUT2D eigenvalue weighted by Gasteiger charge is 2.36. The summed E-state index contributed by atoms with van der Waals surface area (Å²) in [6, 6.07) is 15.8. The third-order valence-corrected chi connectivity index (χ3v) is 16.9. The van der Waals surface area contributed by atoms with Crippen LogP contribution in [0.15, 0.2) is 77.9 Å². The molecule has 3 saturated heterocycles. The van der Waals surface area contributed by atoms with Crippen LogP contribution in [0.5, 0.6) is 11.5 Å². The van der Waals surface area contributed by atoms with E-state index < -0.39 is 17.3 Å². The highest BCUT2D eigenvalue weighted by Crippen LogP contribution is 2.32. The van der Waals surface area contributed by atoms with Crippen LogP contribution < -0.4 is 46.3 Å². The highest BCUT2D eigenvalue weighted by atomic mass is 79.9. The fourth-order valence-electron chi connectivity index (χ4n) is 10.2. The molecule has 95 heavy (non-hydrogen) atoms. The molecule has 31 heteroatoms. The smallest absolute Gasteiger partial charge is 0.408 e. The molecule has 2 aromatic carbocycles. The molecular formula is C64H79BrCl3N21O6. The molecule has 2 amide bonds. The number of nitrogens with one attached hydrogen (secondary N) is 2. The molecule has 6 aromatic heterocycles. The third-order valence-electron chi connectivity index (χ3n) is 15.6. The van der Waals surface area contributed by atoms with Crippen LogP contribution in [0.2, 0.25) is 15.5 Å². The van der Waals surface area contributed by atoms with Crippen molar-refractivity contribution in [1.29, 1.82) is 0 Å². The maximum atomic E-state index is 12.3. The van der Waals surface area contributed by atoms with E-state index in [-0.39, 0.29) is 49.8 Å². The number of alkyl carbamates (subject to hydrolysis) is 2. The van der Waals surface area contributed by atoms with Gasteiger partial charge in [-0.1, -0.05) is 72.2 Å². The second-order valence-corrected chi connectivity index (χ2v) is 27.7. The van der Waals surface area contributed by atoms with E-state index in [9.17, 15) is 9.59 Å². The third kappa shape index (κ3) is 20.2. The number of carbonyl (C=O) groups excluding carboxylic acids is 2. The zero-order valence-corrected chi connectivity index (χ0v) is 58.9. The summed E-state index contributed by atoms with van der Waals surface area (Å²) in [6.07, 6.45) is 10.5. The maximum Gasteiger partial charge on any atom is 0.408 e. The Hall–Kier alpha value is -8.67. The first-order valence-corrected chi connectivity index (χ1v) is 32.4. The van der Waals surface area contributed by atoms with Crippen molar-refractivity contribution >= 4 is 120 Å². The molecule has 3 aliphatic rings. The van der Waals surface area contributed by atoms with E-state index >= 15 is 0 Å². The summed E-state index contributed by atoms with van der Waals surface area (Å²) in [6.45, 7) is 36.6. The summed E-state index contributed by atoms with van der Waals surface area (Å²) in [5.41, 5.74) is 15.5. The Bertz CT molecular complexity index is 4050. The van der Waals surface area contributed by atoms with E-state index in [4.69, 9.17) is 88.3 Å². The number of nitrogen functional groups attached to an aromatic ring is 1. The quantitative estimate of drug-likeness (QED) is 0.0875. The van der Waals surface area contributed by atoms with Gasteiger partial charge in [0.2, 0.25) is 0 Å². The number of carbonyl (C=O) groups is 2. The molecule has 8 aromatic rings. The fraction of sp³-hybridized carbons (Fsp3) is 0.469. The Morgan fingerprint density at radius 3 is 1.37 bits per heavy atom. The summed E-state index contributed by atoms with van der Waals surface area (Å²) in [7, 11) is 3.31. The Balaban J connectivity index is 0.000000172. The number of ether oxygens (including phenoxy) is 4. The lowest BCUT2D eigenvalue weighted by Gasteiger charge is -2.40. The van der Waals surface area contributed by atoms with Crippen molar-refractivity contribution in [2.45, 2.75) is 142 Å². The average Bonchev–Trinajstić information content (AvgIpc) is 1.68. The van der Waals surface area contributed by atoms with Crippen molar-refractivity contribution in [3.8, 4) is 11.5 Å². The molecule has 0 atom stereocenters. The van der Waals surface area contributed by atoms with Crippen LogP contribution in [-0.2, 0) is 22.6 Å². The van der Waals surface area contributed by atoms with Crippen molar-refractivity contribution in [2.75, 3.05) is 73.9 Å². The molecule has 6 N–H and O–H groups in total. The van der Waals surface area contributed by atoms with Crippen LogP contribution in [0.25, 0.3) is 32.0 Å². The van der Waals surface area contributed by atoms with Gasteiger partial charge in [-0.2, -0.15) is 10.2 Å². The molecule has 504 valence electrons. The number of amides is 2. The van der Waals surface area contributed by atoms with Crippen molar-refractivity contribution in [3.05, 3.63) is 127 Å². The van der Waals surface area contributed by atoms with Gasteiger partial charge in [0.1, 0.15) is 39.9 Å². The lowest BCUT2D eigenvalue weighted by atomic mass is 9.90. The number of aromatic nitrogens is 12. The summed E-state index contributed by atoms with van der Waals surface area (Å²) >= 11 is 20.3. The predicted octanol–water partition coefficient (Wildman–Crippen LogP) is 12.2. The van der Waals surface area contributed by atoms with Gasteiger partial charge in [-0.3, -0.25) is 0 Å². The molecule has 3 aliphatic heterocycles. The van der Waals surface area contributed by atoms with Crippen molar-refractivity contribution in [1.82, 2.24) is 70.1 Å². The number of nitrogens with two attached hydrogens (primary N) is 2. The zero-order chi connectivity index (χ0) is 69.0. The van der Waals surface area contributed by atoms with Crippen LogP contribution in [0.1, 0.15) is 112 Å². The van der Waals surface area contributed by atoms with E-state index in [1.165, 1.54) is 6.20 Å². The summed E-state index contributed by atoms with van der Waals surface area (Å²) in [4.78, 5) is 71.2. The van der Waals surface area contributed by atoms with Crippen molar-refractivity contribution in [2.24, 2.45) is 5.73 Å². The Labute approximate surface area is 575 Å². The number of nitrogens with zero attached hydrogens (tertiary/aromatic N) is 17. The lowest BCUT2D eigenvalue weighted by molar-refractivity contribution is 0.0435. The molecule has 0 saturated carbocycles. The van der Waals surface area contributed by atoms with Gasteiger partial charge in [0.15, 0.2) is 60.9 Å². The molecular weight excluding hydrogens is 1350 g/mol. The van der Waals surface area contributed by atoms with Gasteiger partial charge >= 0.3 is 23.8 Å². The zero-order valence-electron chi connectivity index (χ0n) is 55.0. The number of benzene rings is 2. The monoisotopic (exact) mass is 1420 g/mol. The minimum absolute atomic E-state index is 0.0440. The molecule has 0 aliphatic carbocycles. The summed E-state index contributed by atoms with van der Waals surface area (Å²) < 4.78 is 25.6. The molecule has 0 bridgehead atoms. The summed E-state index contributed by atoms with van der Waals surface area (Å²) in [5.74, 6) is 4.46. The van der Waals surface area contributed by atoms with Crippen LogP contribution >= 0.6 is 50.7 Å². The van der Waals surface area contributed by atoms with Gasteiger partial charge in [0.25, 0.3) is 0 Å². The molecule has 0 spiro atoms. The lowest BCUT2D eigenvalue weighted by Crippen LogP contribution is -2.54. The number of methoxy groups -OCH3 is 2. The van der Waals surface area contributed by atoms with E-state index in [1.807, 2.05) is 120 Å². The second-order valence-electron chi connectivity index (χ2n) is 25.9. The number of anilines is 4. The van der Waals surface area contributed by atoms with Crippen LogP contribution in [0.4, 0.5) is 44.5 Å². The van der Waals surface area contributed by atoms with Crippen molar-refractivity contribution in [3.63, 3.8) is 0 Å². The number of halogens is 4. The molecule has 0 radical (unpaired) electrons. The van der Waals surface area contributed by atoms with Gasteiger partial charge < -0.3 is 65.4 Å². The SMILES string of the molecule is COc1ccc(Cn2nc(Br)c3ncc(N4CCC(C)(N)CC4)nc32)cc1.COc1ccc(Cn2nc(N)c3ncc(N4CCC(C)(NC(=O)OC(C)(C)C)CC4)nc32)cc1.[C-]#[N+]c1ncc(Cl)nc1Cl.[C-]#[N+]c1ncc(N2CCC(C)(NC(=O)OC(C)(C)C)CC2)nc1Cl. The fourth-order valence-corrected chi connectivity index (χ4v) is 11.2. The molecule has 27 nitrogen and oxygen atoms in total. The minimum atomic E-state index is -0.525. The minimum Gasteiger partial charge on any atom is -0.497 e. The van der Waals surface area contributed by atoms with Gasteiger partial charge in [-0.25, -0.2) is 48.9 Å². The predicted molar refractivity (Wildman–Crippen MR) is 371 cm³/mol. The number of fused-ring (bicyclic) bond motifs is 2. The normalized spacial score (nSPS) is 15.7. The topological polar surface area (TPSA) is 304 Å². The maximum absolute atomic E-state index is 12.3. The Morgan fingerprint density at radius 1 is 0.579 bits per heavy atom. The molecule has 0 unspecified atom stereocenters. The second kappa shape index (κ2) is 30.8. The van der Waals surface area contributed by atoms with E-state index in [1.54, 1.807) is 31.3 Å². The average molecular weight is 1420 g/mol. The number of rotatable bonds is 11. The molecule has 3 fully saturated rings. The van der Waals surface area contributed by atoms with Crippen LogP contribution in [-0.4, -0.2) is 153 Å². The van der Waals surface area contributed by atoms with Crippen LogP contribution in [0.3, 0.4) is 0 Å². The first kappa shape index (κ1) is 72.2. The number of hydrogen-bond donors (Lipinski definition) is 4. The Morgan fingerprint density at radius 2 is 0.958 bits per heavy atom. The first-order valence-electron chi connectivity index (χ1n) is 30.5. The van der Waals surface area contributed by atoms with E-state index in [2.05, 4.69) is 93.1 Å². The Kier molecular flexibility index (Phi) is 23.4. The largest absolute Gasteiger partial charge is 0.497 e. The number of hydrogen-bond acceptors (Lipinski definition) is 21. The highest BCUT2D eigenvalue weighted by molar-refractivity contribution is 9.10. The van der Waals surface area contributed by atoms with E-state index in [0.717, 1.165) is 110 Å². The molecule has 9 heterocycles. The summed E-state index contributed by atoms with van der Waals surface area (Å²) in [5, 5.41) is 15.4. The number of piperidine rings is 3.